The molecule has 3 rings (SSSR count). The summed E-state index contributed by atoms with van der Waals surface area (Å²) in [5.41, 5.74) is 3.53. The van der Waals surface area contributed by atoms with E-state index in [-0.39, 0.29) is 5.78 Å². The maximum atomic E-state index is 12.8. The van der Waals surface area contributed by atoms with Gasteiger partial charge in [0.2, 0.25) is 0 Å². The smallest absolute Gasteiger partial charge is 0.336 e. The maximum Gasteiger partial charge on any atom is 0.336 e. The molecule has 0 fully saturated rings. The van der Waals surface area contributed by atoms with Crippen LogP contribution in [0.1, 0.15) is 44.6 Å². The Morgan fingerprint density at radius 1 is 1.22 bits per heavy atom. The van der Waals surface area contributed by atoms with Gasteiger partial charge in [-0.15, -0.1) is 0 Å². The summed E-state index contributed by atoms with van der Waals surface area (Å²) in [6.07, 6.45) is 2.08. The Bertz CT molecular complexity index is 837. The van der Waals surface area contributed by atoms with E-state index in [0.717, 1.165) is 24.1 Å². The molecule has 1 aliphatic carbocycles. The second-order valence-corrected chi connectivity index (χ2v) is 6.60. The van der Waals surface area contributed by atoms with Gasteiger partial charge in [0.25, 0.3) is 0 Å². The first-order chi connectivity index (χ1) is 13.0. The van der Waals surface area contributed by atoms with Crippen LogP contribution in [0, 0.1) is 0 Å². The molecule has 1 unspecified atom stereocenters. The van der Waals surface area contributed by atoms with Gasteiger partial charge in [0.1, 0.15) is 0 Å². The van der Waals surface area contributed by atoms with E-state index >= 15 is 0 Å². The van der Waals surface area contributed by atoms with E-state index < -0.39 is 11.9 Å². The number of allylic oxidation sites excluding steroid dienone is 3. The second-order valence-electron chi connectivity index (χ2n) is 6.60. The number of carbonyl (C=O) groups is 2. The zero-order valence-corrected chi connectivity index (χ0v) is 16.2. The van der Waals surface area contributed by atoms with Crippen LogP contribution in [-0.2, 0) is 14.3 Å². The van der Waals surface area contributed by atoms with Crippen molar-refractivity contribution >= 4 is 11.8 Å². The molecule has 0 aromatic heterocycles. The fourth-order valence-corrected chi connectivity index (χ4v) is 3.84. The van der Waals surface area contributed by atoms with Gasteiger partial charge in [0.15, 0.2) is 17.3 Å². The molecule has 1 N–H and O–H groups in total. The number of benzene rings is 1. The van der Waals surface area contributed by atoms with Crippen LogP contribution in [0.2, 0.25) is 0 Å². The van der Waals surface area contributed by atoms with Crippen LogP contribution in [0.4, 0.5) is 0 Å². The van der Waals surface area contributed by atoms with Gasteiger partial charge in [-0.2, -0.15) is 0 Å². The summed E-state index contributed by atoms with van der Waals surface area (Å²) in [5.74, 6) is 0.340. The Morgan fingerprint density at radius 2 is 2.00 bits per heavy atom. The summed E-state index contributed by atoms with van der Waals surface area (Å²) >= 11 is 0. The molecule has 0 radical (unpaired) electrons. The van der Waals surface area contributed by atoms with Gasteiger partial charge in [0.05, 0.1) is 26.4 Å². The standard InChI is InChI=1S/C21H25NO5/c1-5-27-16-10-9-13(11-17(16)25-3)19-18(21(24)26-4)12(2)22-14-7-6-8-15(23)20(14)19/h9-11,19,22H,5-8H2,1-4H3. The van der Waals surface area contributed by atoms with Crippen molar-refractivity contribution in [3.05, 3.63) is 46.3 Å². The zero-order chi connectivity index (χ0) is 19.6. The summed E-state index contributed by atoms with van der Waals surface area (Å²) in [5, 5.41) is 3.26. The molecule has 144 valence electrons. The van der Waals surface area contributed by atoms with Gasteiger partial charge in [-0.25, -0.2) is 4.79 Å². The predicted molar refractivity (Wildman–Crippen MR) is 101 cm³/mol. The lowest BCUT2D eigenvalue weighted by Gasteiger charge is -2.34. The van der Waals surface area contributed by atoms with Gasteiger partial charge in [-0.3, -0.25) is 4.79 Å². The molecule has 1 aliphatic heterocycles. The summed E-state index contributed by atoms with van der Waals surface area (Å²) < 4.78 is 16.1. The lowest BCUT2D eigenvalue weighted by Crippen LogP contribution is -2.34. The van der Waals surface area contributed by atoms with Gasteiger partial charge < -0.3 is 19.5 Å². The first kappa shape index (κ1) is 19.0. The average Bonchev–Trinajstić information content (AvgIpc) is 2.67. The molecule has 1 aromatic carbocycles. The van der Waals surface area contributed by atoms with Crippen molar-refractivity contribution in [1.29, 1.82) is 0 Å². The number of hydrogen-bond donors (Lipinski definition) is 1. The van der Waals surface area contributed by atoms with Gasteiger partial charge >= 0.3 is 5.97 Å². The fourth-order valence-electron chi connectivity index (χ4n) is 3.84. The SMILES string of the molecule is CCOc1ccc(C2C(C(=O)OC)=C(C)NC3=C2C(=O)CCC3)cc1OC. The summed E-state index contributed by atoms with van der Waals surface area (Å²) in [6, 6.07) is 5.54. The Morgan fingerprint density at radius 3 is 2.67 bits per heavy atom. The van der Waals surface area contributed by atoms with Crippen molar-refractivity contribution in [2.24, 2.45) is 0 Å². The highest BCUT2D eigenvalue weighted by molar-refractivity contribution is 6.03. The van der Waals surface area contributed by atoms with Gasteiger partial charge in [-0.05, 0) is 44.4 Å². The topological polar surface area (TPSA) is 73.9 Å². The fraction of sp³-hybridized carbons (Fsp3) is 0.429. The minimum Gasteiger partial charge on any atom is -0.493 e. The Labute approximate surface area is 159 Å². The van der Waals surface area contributed by atoms with Gasteiger partial charge in [0, 0.05) is 29.3 Å². The molecular weight excluding hydrogens is 346 g/mol. The van der Waals surface area contributed by atoms with E-state index in [1.54, 1.807) is 7.11 Å². The van der Waals surface area contributed by atoms with Crippen molar-refractivity contribution in [2.75, 3.05) is 20.8 Å². The Hall–Kier alpha value is -2.76. The number of ketones is 1. The number of nitrogens with one attached hydrogen (secondary N) is 1. The first-order valence-corrected chi connectivity index (χ1v) is 9.14. The van der Waals surface area contributed by atoms with Crippen LogP contribution in [0.25, 0.3) is 0 Å². The number of hydrogen-bond acceptors (Lipinski definition) is 6. The first-order valence-electron chi connectivity index (χ1n) is 9.14. The molecule has 2 aliphatic rings. The van der Waals surface area contributed by atoms with Crippen LogP contribution < -0.4 is 14.8 Å². The molecular formula is C21H25NO5. The second kappa shape index (κ2) is 7.86. The van der Waals surface area contributed by atoms with E-state index in [4.69, 9.17) is 14.2 Å². The average molecular weight is 371 g/mol. The zero-order valence-electron chi connectivity index (χ0n) is 16.2. The number of rotatable bonds is 5. The number of dihydropyridines is 1. The van der Waals surface area contributed by atoms with Crippen molar-refractivity contribution in [2.45, 2.75) is 39.0 Å². The number of esters is 1. The highest BCUT2D eigenvalue weighted by atomic mass is 16.5. The molecule has 0 spiro atoms. The molecule has 1 heterocycles. The summed E-state index contributed by atoms with van der Waals surface area (Å²) in [6.45, 7) is 4.26. The van der Waals surface area contributed by atoms with Crippen LogP contribution in [0.3, 0.4) is 0 Å². The third kappa shape index (κ3) is 3.44. The molecule has 0 saturated carbocycles. The minimum absolute atomic E-state index is 0.0653. The lowest BCUT2D eigenvalue weighted by molar-refractivity contribution is -0.136. The quantitative estimate of drug-likeness (QED) is 0.801. The summed E-state index contributed by atoms with van der Waals surface area (Å²) in [7, 11) is 2.92. The molecule has 0 saturated heterocycles. The number of ether oxygens (including phenoxy) is 3. The minimum atomic E-state index is -0.480. The van der Waals surface area contributed by atoms with Crippen LogP contribution in [-0.4, -0.2) is 32.6 Å². The highest BCUT2D eigenvalue weighted by Crippen LogP contribution is 2.44. The van der Waals surface area contributed by atoms with E-state index in [1.807, 2.05) is 32.0 Å². The van der Waals surface area contributed by atoms with E-state index in [1.165, 1.54) is 7.11 Å². The lowest BCUT2D eigenvalue weighted by atomic mass is 9.75. The summed E-state index contributed by atoms with van der Waals surface area (Å²) in [4.78, 5) is 25.3. The maximum absolute atomic E-state index is 12.8. The van der Waals surface area contributed by atoms with Crippen LogP contribution in [0.15, 0.2) is 40.7 Å². The van der Waals surface area contributed by atoms with Crippen molar-refractivity contribution in [3.63, 3.8) is 0 Å². The molecule has 0 amide bonds. The highest BCUT2D eigenvalue weighted by Gasteiger charge is 2.39. The third-order valence-corrected chi connectivity index (χ3v) is 5.00. The largest absolute Gasteiger partial charge is 0.493 e. The number of carbonyl (C=O) groups excluding carboxylic acids is 2. The molecule has 0 bridgehead atoms. The third-order valence-electron chi connectivity index (χ3n) is 5.00. The molecule has 27 heavy (non-hydrogen) atoms. The van der Waals surface area contributed by atoms with E-state index in [0.29, 0.717) is 41.4 Å². The van der Waals surface area contributed by atoms with Crippen LogP contribution in [0.5, 0.6) is 11.5 Å². The monoisotopic (exact) mass is 371 g/mol. The Kier molecular flexibility index (Phi) is 5.54. The normalized spacial score (nSPS) is 19.4. The van der Waals surface area contributed by atoms with Crippen LogP contribution >= 0.6 is 0 Å². The van der Waals surface area contributed by atoms with E-state index in [9.17, 15) is 9.59 Å². The van der Waals surface area contributed by atoms with Gasteiger partial charge in [-0.1, -0.05) is 6.07 Å². The number of methoxy groups -OCH3 is 2. The van der Waals surface area contributed by atoms with E-state index in [2.05, 4.69) is 5.32 Å². The predicted octanol–water partition coefficient (Wildman–Crippen LogP) is 3.23. The number of Topliss-reactive ketones (excluding diaryl/α,β-unsaturated/α-hetero) is 1. The molecule has 6 heteroatoms. The van der Waals surface area contributed by atoms with Crippen molar-refractivity contribution in [3.8, 4) is 11.5 Å². The molecule has 6 nitrogen and oxygen atoms in total. The Balaban J connectivity index is 2.17. The molecule has 1 atom stereocenters. The molecule has 1 aromatic rings. The van der Waals surface area contributed by atoms with Crippen molar-refractivity contribution in [1.82, 2.24) is 5.32 Å². The van der Waals surface area contributed by atoms with Crippen molar-refractivity contribution < 1.29 is 23.8 Å².